The molecule has 0 saturated carbocycles. The molecule has 2 amide bonds. The number of carbonyl (C=O) groups excluding carboxylic acids is 2. The van der Waals surface area contributed by atoms with Crippen LogP contribution in [0.15, 0.2) is 83.7 Å². The first kappa shape index (κ1) is 29.3. The summed E-state index contributed by atoms with van der Waals surface area (Å²) in [4.78, 5) is 40.5. The third-order valence-corrected chi connectivity index (χ3v) is 6.37. The summed E-state index contributed by atoms with van der Waals surface area (Å²) in [5.74, 6) is -1.34. The summed E-state index contributed by atoms with van der Waals surface area (Å²) >= 11 is 0. The molecule has 3 N–H and O–H groups in total. The lowest BCUT2D eigenvalue weighted by Crippen LogP contribution is -2.32. The van der Waals surface area contributed by atoms with Gasteiger partial charge in [-0.15, -0.1) is 0 Å². The molecular formula is C29H29F3N6O3. The number of carbonyl (C=O) groups is 2. The fraction of sp³-hybridized carbons (Fsp3) is 0.241. The number of pyridine rings is 1. The van der Waals surface area contributed by atoms with Crippen molar-refractivity contribution in [3.8, 4) is 22.6 Å². The number of halogens is 3. The van der Waals surface area contributed by atoms with Crippen LogP contribution in [0.25, 0.3) is 22.6 Å². The normalized spacial score (nSPS) is 12.3. The third-order valence-electron chi connectivity index (χ3n) is 6.37. The molecule has 0 saturated heterocycles. The lowest BCUT2D eigenvalue weighted by atomic mass is 10.1. The van der Waals surface area contributed by atoms with Gasteiger partial charge in [0.15, 0.2) is 0 Å². The van der Waals surface area contributed by atoms with Crippen molar-refractivity contribution in [2.45, 2.75) is 25.2 Å². The van der Waals surface area contributed by atoms with Gasteiger partial charge in [-0.1, -0.05) is 42.5 Å². The monoisotopic (exact) mass is 566 g/mol. The first-order valence-electron chi connectivity index (χ1n) is 12.7. The van der Waals surface area contributed by atoms with E-state index < -0.39 is 41.7 Å². The van der Waals surface area contributed by atoms with Gasteiger partial charge in [0, 0.05) is 23.9 Å². The topological polar surface area (TPSA) is 115 Å². The highest BCUT2D eigenvalue weighted by atomic mass is 19.4. The molecule has 12 heteroatoms. The maximum absolute atomic E-state index is 13.1. The van der Waals surface area contributed by atoms with Crippen molar-refractivity contribution in [3.05, 3.63) is 94.8 Å². The smallest absolute Gasteiger partial charge is 0.368 e. The van der Waals surface area contributed by atoms with Gasteiger partial charge in [0.05, 0.1) is 22.6 Å². The van der Waals surface area contributed by atoms with E-state index in [1.165, 1.54) is 33.5 Å². The quantitative estimate of drug-likeness (QED) is 0.301. The summed E-state index contributed by atoms with van der Waals surface area (Å²) in [6.07, 6.45) is -4.25. The molecule has 4 rings (SSSR count). The predicted octanol–water partition coefficient (Wildman–Crippen LogP) is 4.01. The minimum absolute atomic E-state index is 0.0655. The Morgan fingerprint density at radius 2 is 1.68 bits per heavy atom. The second kappa shape index (κ2) is 12.2. The molecule has 0 bridgehead atoms. The summed E-state index contributed by atoms with van der Waals surface area (Å²) in [5, 5.41) is 7.11. The molecule has 0 aliphatic heterocycles. The van der Waals surface area contributed by atoms with Crippen molar-refractivity contribution >= 4 is 17.5 Å². The van der Waals surface area contributed by atoms with E-state index in [0.29, 0.717) is 24.4 Å². The molecule has 4 aromatic rings. The van der Waals surface area contributed by atoms with Crippen molar-refractivity contribution in [1.29, 1.82) is 0 Å². The highest BCUT2D eigenvalue weighted by molar-refractivity contribution is 5.91. The summed E-state index contributed by atoms with van der Waals surface area (Å²) in [5.41, 5.74) is 6.22. The van der Waals surface area contributed by atoms with E-state index in [2.05, 4.69) is 10.4 Å². The number of hydrogen-bond donors (Lipinski definition) is 2. The number of rotatable bonds is 10. The van der Waals surface area contributed by atoms with Crippen molar-refractivity contribution in [2.75, 3.05) is 26.0 Å². The molecular weight excluding hydrogens is 537 g/mol. The molecule has 2 heterocycles. The highest BCUT2D eigenvalue weighted by Crippen LogP contribution is 2.31. The fourth-order valence-electron chi connectivity index (χ4n) is 4.36. The van der Waals surface area contributed by atoms with Crippen LogP contribution < -0.4 is 16.6 Å². The number of nitrogens with one attached hydrogen (secondary N) is 1. The Kier molecular flexibility index (Phi) is 8.72. The summed E-state index contributed by atoms with van der Waals surface area (Å²) < 4.78 is 42.0. The highest BCUT2D eigenvalue weighted by Gasteiger charge is 2.30. The number of nitrogens with two attached hydrogens (primary N) is 1. The van der Waals surface area contributed by atoms with Gasteiger partial charge < -0.3 is 16.0 Å². The number of benzene rings is 2. The largest absolute Gasteiger partial charge is 0.416 e. The van der Waals surface area contributed by atoms with Crippen LogP contribution in [0, 0.1) is 0 Å². The second-order valence-corrected chi connectivity index (χ2v) is 9.70. The maximum atomic E-state index is 13.1. The zero-order chi connectivity index (χ0) is 29.7. The zero-order valence-corrected chi connectivity index (χ0v) is 22.4. The van der Waals surface area contributed by atoms with Gasteiger partial charge in [0.25, 0.3) is 5.56 Å². The Hall–Kier alpha value is -4.71. The minimum Gasteiger partial charge on any atom is -0.368 e. The standard InChI is InChI=1S/C29H29F3N6O3/c1-36(2)15-14-24(28(33)41)38-25(17-22(35-38)19-8-4-3-5-9-19)23-12-7-13-27(40)37(23)18-26(39)34-21-11-6-10-20(16-21)29(30,31)32/h3-13,16-17,24H,14-15,18H2,1-2H3,(H2,33,41)(H,34,39). The van der Waals surface area contributed by atoms with Crippen LogP contribution >= 0.6 is 0 Å². The van der Waals surface area contributed by atoms with E-state index >= 15 is 0 Å². The molecule has 41 heavy (non-hydrogen) atoms. The first-order valence-corrected chi connectivity index (χ1v) is 12.7. The Balaban J connectivity index is 1.76. The molecule has 2 aromatic heterocycles. The molecule has 0 aliphatic rings. The molecule has 2 aromatic carbocycles. The maximum Gasteiger partial charge on any atom is 0.416 e. The van der Waals surface area contributed by atoms with Gasteiger partial charge in [-0.3, -0.25) is 23.6 Å². The molecule has 214 valence electrons. The molecule has 0 fully saturated rings. The molecule has 0 spiro atoms. The number of hydrogen-bond acceptors (Lipinski definition) is 5. The van der Waals surface area contributed by atoms with Crippen LogP contribution in [0.5, 0.6) is 0 Å². The van der Waals surface area contributed by atoms with Crippen molar-refractivity contribution in [1.82, 2.24) is 19.2 Å². The number of amides is 2. The van der Waals surface area contributed by atoms with E-state index in [1.807, 2.05) is 49.3 Å². The molecule has 0 radical (unpaired) electrons. The average molecular weight is 567 g/mol. The molecule has 1 atom stereocenters. The predicted molar refractivity (Wildman–Crippen MR) is 149 cm³/mol. The fourth-order valence-corrected chi connectivity index (χ4v) is 4.36. The van der Waals surface area contributed by atoms with Crippen LogP contribution in [0.1, 0.15) is 18.0 Å². The number of alkyl halides is 3. The van der Waals surface area contributed by atoms with E-state index in [4.69, 9.17) is 5.73 Å². The average Bonchev–Trinajstić information content (AvgIpc) is 3.34. The van der Waals surface area contributed by atoms with Crippen LogP contribution in [-0.4, -0.2) is 51.7 Å². The van der Waals surface area contributed by atoms with Crippen LogP contribution in [0.2, 0.25) is 0 Å². The molecule has 1 unspecified atom stereocenters. The van der Waals surface area contributed by atoms with E-state index in [0.717, 1.165) is 17.7 Å². The number of nitrogens with zero attached hydrogens (tertiary/aromatic N) is 4. The first-order chi connectivity index (χ1) is 19.4. The van der Waals surface area contributed by atoms with Crippen molar-refractivity contribution < 1.29 is 22.8 Å². The van der Waals surface area contributed by atoms with Crippen LogP contribution in [-0.2, 0) is 22.3 Å². The van der Waals surface area contributed by atoms with E-state index in [9.17, 15) is 27.6 Å². The van der Waals surface area contributed by atoms with Gasteiger partial charge in [-0.2, -0.15) is 18.3 Å². The Bertz CT molecular complexity index is 1600. The number of aromatic nitrogens is 3. The van der Waals surface area contributed by atoms with Crippen molar-refractivity contribution in [3.63, 3.8) is 0 Å². The molecule has 0 aliphatic carbocycles. The number of primary amides is 1. The van der Waals surface area contributed by atoms with Crippen molar-refractivity contribution in [2.24, 2.45) is 5.73 Å². The van der Waals surface area contributed by atoms with Gasteiger partial charge in [-0.25, -0.2) is 0 Å². The van der Waals surface area contributed by atoms with Crippen LogP contribution in [0.3, 0.4) is 0 Å². The third kappa shape index (κ3) is 7.09. The Morgan fingerprint density at radius 3 is 2.34 bits per heavy atom. The Labute approximate surface area is 234 Å². The summed E-state index contributed by atoms with van der Waals surface area (Å²) in [6.45, 7) is 0.0185. The number of anilines is 1. The van der Waals surface area contributed by atoms with Gasteiger partial charge in [0.1, 0.15) is 12.6 Å². The lowest BCUT2D eigenvalue weighted by molar-refractivity contribution is -0.137. The zero-order valence-electron chi connectivity index (χ0n) is 22.4. The summed E-state index contributed by atoms with van der Waals surface area (Å²) in [7, 11) is 3.71. The lowest BCUT2D eigenvalue weighted by Gasteiger charge is -2.20. The van der Waals surface area contributed by atoms with Gasteiger partial charge >= 0.3 is 6.18 Å². The van der Waals surface area contributed by atoms with E-state index in [-0.39, 0.29) is 11.4 Å². The molecule has 9 nitrogen and oxygen atoms in total. The SMILES string of the molecule is CN(C)CCC(C(N)=O)n1nc(-c2ccccc2)cc1-c1cccc(=O)n1CC(=O)Nc1cccc(C(F)(F)F)c1. The van der Waals surface area contributed by atoms with Gasteiger partial charge in [-0.05, 0) is 50.8 Å². The van der Waals surface area contributed by atoms with E-state index in [1.54, 1.807) is 12.1 Å². The Morgan fingerprint density at radius 1 is 0.976 bits per heavy atom. The van der Waals surface area contributed by atoms with Crippen LogP contribution in [0.4, 0.5) is 18.9 Å². The summed E-state index contributed by atoms with van der Waals surface area (Å²) in [6, 6.07) is 18.6. The minimum atomic E-state index is -4.58. The van der Waals surface area contributed by atoms with Gasteiger partial charge in [0.2, 0.25) is 11.8 Å². The second-order valence-electron chi connectivity index (χ2n) is 9.70.